The number of carbonyl (C=O) groups is 1. The Balaban J connectivity index is 1.69. The van der Waals surface area contributed by atoms with E-state index in [1.54, 1.807) is 0 Å². The quantitative estimate of drug-likeness (QED) is 0.584. The van der Waals surface area contributed by atoms with Crippen LogP contribution in [-0.2, 0) is 17.6 Å². The average Bonchev–Trinajstić information content (AvgIpc) is 2.55. The van der Waals surface area contributed by atoms with Gasteiger partial charge in [-0.15, -0.1) is 12.6 Å². The molecule has 4 nitrogen and oxygen atoms in total. The summed E-state index contributed by atoms with van der Waals surface area (Å²) < 4.78 is 5.84. The predicted molar refractivity (Wildman–Crippen MR) is 92.9 cm³/mol. The summed E-state index contributed by atoms with van der Waals surface area (Å²) >= 11 is 4.39. The molecule has 2 N–H and O–H groups in total. The number of ether oxygens (including phenoxy) is 1. The molecule has 120 valence electrons. The van der Waals surface area contributed by atoms with Gasteiger partial charge in [0.25, 0.3) is 0 Å². The van der Waals surface area contributed by atoms with Gasteiger partial charge in [-0.1, -0.05) is 36.4 Å². The third-order valence-corrected chi connectivity index (χ3v) is 4.32. The first-order chi connectivity index (χ1) is 11.1. The Morgan fingerprint density at radius 3 is 2.70 bits per heavy atom. The van der Waals surface area contributed by atoms with E-state index in [9.17, 15) is 9.90 Å². The summed E-state index contributed by atoms with van der Waals surface area (Å²) in [4.78, 5) is 11.5. The Morgan fingerprint density at radius 1 is 1.13 bits per heavy atom. The van der Waals surface area contributed by atoms with Crippen molar-refractivity contribution in [1.82, 2.24) is 0 Å². The Bertz CT molecular complexity index is 690. The van der Waals surface area contributed by atoms with Gasteiger partial charge in [-0.05, 0) is 24.1 Å². The number of carbonyl (C=O) groups excluding carboxylic acids is 1. The highest BCUT2D eigenvalue weighted by Gasteiger charge is 2.22. The lowest BCUT2D eigenvalue weighted by atomic mass is 10.0. The third kappa shape index (κ3) is 3.86. The second-order valence-electron chi connectivity index (χ2n) is 5.60. The number of hydrogen-bond acceptors (Lipinski definition) is 4. The smallest absolute Gasteiger partial charge is 0.224 e. The van der Waals surface area contributed by atoms with Crippen LogP contribution in [0.5, 0.6) is 5.75 Å². The largest absolute Gasteiger partial charge is 0.477 e. The second-order valence-corrected chi connectivity index (χ2v) is 6.10. The fraction of sp³-hybridized carbons (Fsp3) is 0.278. The Labute approximate surface area is 140 Å². The van der Waals surface area contributed by atoms with Crippen LogP contribution in [0.15, 0.2) is 48.5 Å². The molecule has 1 aliphatic rings. The summed E-state index contributed by atoms with van der Waals surface area (Å²) in [5.41, 5.74) is 2.12. The van der Waals surface area contributed by atoms with Crippen LogP contribution in [0.4, 0.5) is 5.69 Å². The van der Waals surface area contributed by atoms with Crippen LogP contribution in [0, 0.1) is 0 Å². The number of amides is 1. The monoisotopic (exact) mass is 329 g/mol. The van der Waals surface area contributed by atoms with E-state index in [0.29, 0.717) is 25.0 Å². The zero-order valence-corrected chi connectivity index (χ0v) is 13.5. The molecule has 1 heterocycles. The van der Waals surface area contributed by atoms with Gasteiger partial charge in [-0.25, -0.2) is 0 Å². The van der Waals surface area contributed by atoms with E-state index in [1.807, 2.05) is 48.5 Å². The van der Waals surface area contributed by atoms with E-state index < -0.39 is 11.5 Å². The van der Waals surface area contributed by atoms with Crippen molar-refractivity contribution in [2.24, 2.45) is 0 Å². The molecule has 3 rings (SSSR count). The van der Waals surface area contributed by atoms with Gasteiger partial charge in [-0.3, -0.25) is 4.79 Å². The van der Waals surface area contributed by atoms with Crippen molar-refractivity contribution in [2.75, 3.05) is 5.32 Å². The van der Waals surface area contributed by atoms with Crippen molar-refractivity contribution in [3.8, 4) is 5.75 Å². The summed E-state index contributed by atoms with van der Waals surface area (Å²) in [6, 6.07) is 15.3. The molecule has 2 aromatic rings. The molecule has 0 fully saturated rings. The van der Waals surface area contributed by atoms with Crippen molar-refractivity contribution in [3.63, 3.8) is 0 Å². The number of anilines is 1. The molecular weight excluding hydrogens is 310 g/mol. The van der Waals surface area contributed by atoms with Crippen LogP contribution in [0.3, 0.4) is 0 Å². The van der Waals surface area contributed by atoms with E-state index in [0.717, 1.165) is 16.8 Å². The SMILES string of the molecule is O=C1CCc2c(cccc2OC(S)C(O)Cc2ccccc2)N1. The summed E-state index contributed by atoms with van der Waals surface area (Å²) in [7, 11) is 0. The fourth-order valence-corrected chi connectivity index (χ4v) is 2.89. The maximum absolute atomic E-state index is 11.5. The molecular formula is C18H19NO3S. The van der Waals surface area contributed by atoms with Crippen molar-refractivity contribution >= 4 is 24.2 Å². The first kappa shape index (κ1) is 15.9. The molecule has 1 aliphatic heterocycles. The lowest BCUT2D eigenvalue weighted by Crippen LogP contribution is -2.29. The number of nitrogens with one attached hydrogen (secondary N) is 1. The zero-order chi connectivity index (χ0) is 16.2. The van der Waals surface area contributed by atoms with Crippen LogP contribution in [0.2, 0.25) is 0 Å². The maximum atomic E-state index is 11.5. The number of aliphatic hydroxyl groups is 1. The normalized spacial score (nSPS) is 16.2. The van der Waals surface area contributed by atoms with Gasteiger partial charge in [0, 0.05) is 24.1 Å². The molecule has 0 saturated heterocycles. The van der Waals surface area contributed by atoms with Crippen molar-refractivity contribution in [1.29, 1.82) is 0 Å². The van der Waals surface area contributed by atoms with Crippen LogP contribution in [0.25, 0.3) is 0 Å². The number of thiol groups is 1. The molecule has 0 radical (unpaired) electrons. The van der Waals surface area contributed by atoms with Crippen LogP contribution in [-0.4, -0.2) is 22.6 Å². The molecule has 0 spiro atoms. The third-order valence-electron chi connectivity index (χ3n) is 3.87. The van der Waals surface area contributed by atoms with Gasteiger partial charge in [0.05, 0.1) is 0 Å². The molecule has 0 bridgehead atoms. The second kappa shape index (κ2) is 7.06. The predicted octanol–water partition coefficient (Wildman–Crippen LogP) is 2.81. The number of rotatable bonds is 5. The zero-order valence-electron chi connectivity index (χ0n) is 12.6. The average molecular weight is 329 g/mol. The number of hydrogen-bond donors (Lipinski definition) is 3. The van der Waals surface area contributed by atoms with Gasteiger partial charge in [-0.2, -0.15) is 0 Å². The highest BCUT2D eigenvalue weighted by atomic mass is 32.1. The molecule has 5 heteroatoms. The van der Waals surface area contributed by atoms with Gasteiger partial charge >= 0.3 is 0 Å². The van der Waals surface area contributed by atoms with Crippen LogP contribution < -0.4 is 10.1 Å². The fourth-order valence-electron chi connectivity index (χ4n) is 2.67. The van der Waals surface area contributed by atoms with E-state index in [2.05, 4.69) is 17.9 Å². The van der Waals surface area contributed by atoms with Gasteiger partial charge in [0.15, 0.2) is 5.44 Å². The Hall–Kier alpha value is -1.98. The number of aliphatic hydroxyl groups excluding tert-OH is 1. The van der Waals surface area contributed by atoms with Crippen molar-refractivity contribution in [2.45, 2.75) is 30.8 Å². The van der Waals surface area contributed by atoms with Gasteiger partial charge in [0.2, 0.25) is 5.91 Å². The molecule has 2 aromatic carbocycles. The van der Waals surface area contributed by atoms with Gasteiger partial charge < -0.3 is 15.2 Å². The lowest BCUT2D eigenvalue weighted by molar-refractivity contribution is -0.116. The Kier molecular flexibility index (Phi) is 4.88. The summed E-state index contributed by atoms with van der Waals surface area (Å²) in [6.07, 6.45) is 0.819. The maximum Gasteiger partial charge on any atom is 0.224 e. The topological polar surface area (TPSA) is 58.6 Å². The van der Waals surface area contributed by atoms with Crippen molar-refractivity contribution in [3.05, 3.63) is 59.7 Å². The van der Waals surface area contributed by atoms with Crippen LogP contribution in [0.1, 0.15) is 17.5 Å². The summed E-state index contributed by atoms with van der Waals surface area (Å²) in [5, 5.41) is 13.1. The first-order valence-corrected chi connectivity index (χ1v) is 8.13. The van der Waals surface area contributed by atoms with Gasteiger partial charge in [0.1, 0.15) is 11.9 Å². The molecule has 0 saturated carbocycles. The highest BCUT2D eigenvalue weighted by molar-refractivity contribution is 7.80. The molecule has 1 amide bonds. The van der Waals surface area contributed by atoms with E-state index >= 15 is 0 Å². The number of benzene rings is 2. The lowest BCUT2D eigenvalue weighted by Gasteiger charge is -2.24. The minimum Gasteiger partial charge on any atom is -0.477 e. The van der Waals surface area contributed by atoms with Crippen LogP contribution >= 0.6 is 12.6 Å². The van der Waals surface area contributed by atoms with E-state index in [4.69, 9.17) is 4.74 Å². The number of fused-ring (bicyclic) bond motifs is 1. The highest BCUT2D eigenvalue weighted by Crippen LogP contribution is 2.32. The molecule has 23 heavy (non-hydrogen) atoms. The molecule has 2 atom stereocenters. The standard InChI is InChI=1S/C18H19NO3S/c20-15(11-12-5-2-1-3-6-12)18(23)22-16-8-4-7-14-13(16)9-10-17(21)19-14/h1-8,15,18,20,23H,9-11H2,(H,19,21). The van der Waals surface area contributed by atoms with E-state index in [1.165, 1.54) is 0 Å². The molecule has 0 aromatic heterocycles. The molecule has 0 aliphatic carbocycles. The molecule has 2 unspecified atom stereocenters. The minimum absolute atomic E-state index is 0.0150. The summed E-state index contributed by atoms with van der Waals surface area (Å²) in [6.45, 7) is 0. The van der Waals surface area contributed by atoms with E-state index in [-0.39, 0.29) is 5.91 Å². The first-order valence-electron chi connectivity index (χ1n) is 7.62. The summed E-state index contributed by atoms with van der Waals surface area (Å²) in [5.74, 6) is 0.677. The minimum atomic E-state index is -0.727. The Morgan fingerprint density at radius 2 is 1.91 bits per heavy atom. The van der Waals surface area contributed by atoms with Crippen molar-refractivity contribution < 1.29 is 14.6 Å².